The van der Waals surface area contributed by atoms with Crippen molar-refractivity contribution in [2.75, 3.05) is 25.4 Å². The number of nitrogen functional groups attached to an aromatic ring is 1. The van der Waals surface area contributed by atoms with Crippen molar-refractivity contribution in [1.82, 2.24) is 10.2 Å². The fraction of sp³-hybridized carbons (Fsp3) is 0.467. The number of nitrogens with two attached hydrogens (primary N) is 1. The minimum absolute atomic E-state index is 0.0298. The van der Waals surface area contributed by atoms with Gasteiger partial charge in [-0.1, -0.05) is 13.8 Å². The third-order valence-electron chi connectivity index (χ3n) is 3.35. The van der Waals surface area contributed by atoms with Gasteiger partial charge >= 0.3 is 0 Å². The van der Waals surface area contributed by atoms with Crippen LogP contribution in [0.3, 0.4) is 0 Å². The SMILES string of the molecule is CC1CN(C(=O)CNC(=O)c2ccc(N)cc2)CC(C)S1. The van der Waals surface area contributed by atoms with E-state index in [-0.39, 0.29) is 18.4 Å². The normalized spacial score (nSPS) is 21.9. The first-order chi connectivity index (χ1) is 9.95. The highest BCUT2D eigenvalue weighted by Crippen LogP contribution is 2.24. The summed E-state index contributed by atoms with van der Waals surface area (Å²) in [5.74, 6) is -0.284. The monoisotopic (exact) mass is 307 g/mol. The van der Waals surface area contributed by atoms with Gasteiger partial charge in [0.1, 0.15) is 0 Å². The molecule has 0 radical (unpaired) electrons. The predicted octanol–water partition coefficient (Wildman–Crippen LogP) is 1.35. The zero-order valence-corrected chi connectivity index (χ0v) is 13.2. The number of carbonyl (C=O) groups excluding carboxylic acids is 2. The lowest BCUT2D eigenvalue weighted by Gasteiger charge is -2.34. The number of benzene rings is 1. The number of carbonyl (C=O) groups is 2. The Morgan fingerprint density at radius 1 is 1.24 bits per heavy atom. The Hall–Kier alpha value is -1.69. The van der Waals surface area contributed by atoms with E-state index in [1.807, 2.05) is 16.7 Å². The molecule has 2 amide bonds. The molecule has 0 aromatic heterocycles. The molecule has 2 atom stereocenters. The molecule has 1 saturated heterocycles. The van der Waals surface area contributed by atoms with Gasteiger partial charge < -0.3 is 16.0 Å². The molecular formula is C15H21N3O2S. The summed E-state index contributed by atoms with van der Waals surface area (Å²) in [7, 11) is 0. The van der Waals surface area contributed by atoms with Crippen LogP contribution in [0, 0.1) is 0 Å². The Bertz CT molecular complexity index is 508. The second-order valence-electron chi connectivity index (χ2n) is 5.36. The van der Waals surface area contributed by atoms with Crippen LogP contribution in [0.5, 0.6) is 0 Å². The van der Waals surface area contributed by atoms with Crippen molar-refractivity contribution < 1.29 is 9.59 Å². The van der Waals surface area contributed by atoms with E-state index in [9.17, 15) is 9.59 Å². The van der Waals surface area contributed by atoms with Crippen molar-refractivity contribution >= 4 is 29.3 Å². The van der Waals surface area contributed by atoms with E-state index < -0.39 is 0 Å². The van der Waals surface area contributed by atoms with Gasteiger partial charge in [-0.15, -0.1) is 0 Å². The molecule has 2 unspecified atom stereocenters. The number of hydrogen-bond acceptors (Lipinski definition) is 4. The Morgan fingerprint density at radius 2 is 1.81 bits per heavy atom. The van der Waals surface area contributed by atoms with Gasteiger partial charge in [-0.25, -0.2) is 0 Å². The lowest BCUT2D eigenvalue weighted by atomic mass is 10.2. The summed E-state index contributed by atoms with van der Waals surface area (Å²) >= 11 is 1.89. The molecule has 6 heteroatoms. The van der Waals surface area contributed by atoms with Crippen molar-refractivity contribution in [3.63, 3.8) is 0 Å². The highest BCUT2D eigenvalue weighted by Gasteiger charge is 2.25. The molecule has 1 fully saturated rings. The van der Waals surface area contributed by atoms with E-state index in [1.165, 1.54) is 0 Å². The number of rotatable bonds is 3. The largest absolute Gasteiger partial charge is 0.399 e. The maximum atomic E-state index is 12.2. The summed E-state index contributed by atoms with van der Waals surface area (Å²) in [6, 6.07) is 6.64. The van der Waals surface area contributed by atoms with Crippen LogP contribution in [0.2, 0.25) is 0 Å². The molecule has 1 aliphatic heterocycles. The lowest BCUT2D eigenvalue weighted by Crippen LogP contribution is -2.47. The Labute approximate surface area is 129 Å². The molecule has 0 saturated carbocycles. The molecule has 0 aliphatic carbocycles. The van der Waals surface area contributed by atoms with Crippen LogP contribution in [0.4, 0.5) is 5.69 Å². The standard InChI is InChI=1S/C15H21N3O2S/c1-10-8-18(9-11(2)21-10)14(19)7-17-15(20)12-3-5-13(16)6-4-12/h3-6,10-11H,7-9,16H2,1-2H3,(H,17,20). The first-order valence-electron chi connectivity index (χ1n) is 7.02. The molecule has 1 aromatic carbocycles. The van der Waals surface area contributed by atoms with Crippen LogP contribution in [0.15, 0.2) is 24.3 Å². The summed E-state index contributed by atoms with van der Waals surface area (Å²) in [5, 5.41) is 3.54. The number of anilines is 1. The van der Waals surface area contributed by atoms with Crippen molar-refractivity contribution in [2.45, 2.75) is 24.3 Å². The van der Waals surface area contributed by atoms with E-state index in [1.54, 1.807) is 24.3 Å². The maximum Gasteiger partial charge on any atom is 0.251 e. The molecule has 1 aliphatic rings. The summed E-state index contributed by atoms with van der Waals surface area (Å²) in [6.45, 7) is 5.76. The molecule has 114 valence electrons. The van der Waals surface area contributed by atoms with Gasteiger partial charge in [-0.05, 0) is 24.3 Å². The van der Waals surface area contributed by atoms with Crippen molar-refractivity contribution in [3.05, 3.63) is 29.8 Å². The maximum absolute atomic E-state index is 12.2. The fourth-order valence-electron chi connectivity index (χ4n) is 2.39. The molecule has 1 aromatic rings. The van der Waals surface area contributed by atoms with Gasteiger partial charge in [0.2, 0.25) is 5.91 Å². The van der Waals surface area contributed by atoms with Crippen LogP contribution >= 0.6 is 11.8 Å². The third kappa shape index (κ3) is 4.39. The number of hydrogen-bond donors (Lipinski definition) is 2. The average Bonchev–Trinajstić information content (AvgIpc) is 2.44. The number of nitrogens with zero attached hydrogens (tertiary/aromatic N) is 1. The molecule has 21 heavy (non-hydrogen) atoms. The quantitative estimate of drug-likeness (QED) is 0.827. The molecule has 0 spiro atoms. The van der Waals surface area contributed by atoms with Gasteiger partial charge in [0.25, 0.3) is 5.91 Å². The zero-order valence-electron chi connectivity index (χ0n) is 12.3. The lowest BCUT2D eigenvalue weighted by molar-refractivity contribution is -0.130. The summed E-state index contributed by atoms with van der Waals surface area (Å²) in [5.41, 5.74) is 6.69. The Kier molecular flexibility index (Phi) is 5.12. The number of nitrogens with one attached hydrogen (secondary N) is 1. The summed E-state index contributed by atoms with van der Waals surface area (Å²) in [4.78, 5) is 25.9. The predicted molar refractivity (Wildman–Crippen MR) is 86.3 cm³/mol. The van der Waals surface area contributed by atoms with Gasteiger partial charge in [0.15, 0.2) is 0 Å². The molecule has 3 N–H and O–H groups in total. The Balaban J connectivity index is 1.86. The highest BCUT2D eigenvalue weighted by atomic mass is 32.2. The molecular weight excluding hydrogens is 286 g/mol. The second-order valence-corrected chi connectivity index (χ2v) is 7.24. The van der Waals surface area contributed by atoms with Crippen LogP contribution in [0.25, 0.3) is 0 Å². The first kappa shape index (κ1) is 15.7. The zero-order chi connectivity index (χ0) is 15.4. The van der Waals surface area contributed by atoms with Crippen LogP contribution in [0.1, 0.15) is 24.2 Å². The van der Waals surface area contributed by atoms with E-state index in [0.29, 0.717) is 21.8 Å². The Morgan fingerprint density at radius 3 is 2.38 bits per heavy atom. The third-order valence-corrected chi connectivity index (χ3v) is 4.57. The van der Waals surface area contributed by atoms with E-state index in [4.69, 9.17) is 5.73 Å². The molecule has 1 heterocycles. The summed E-state index contributed by atoms with van der Waals surface area (Å²) < 4.78 is 0. The number of thioether (sulfide) groups is 1. The minimum Gasteiger partial charge on any atom is -0.399 e. The van der Waals surface area contributed by atoms with E-state index >= 15 is 0 Å². The molecule has 0 bridgehead atoms. The molecule has 2 rings (SSSR count). The average molecular weight is 307 g/mol. The van der Waals surface area contributed by atoms with Crippen molar-refractivity contribution in [1.29, 1.82) is 0 Å². The summed E-state index contributed by atoms with van der Waals surface area (Å²) in [6.07, 6.45) is 0. The minimum atomic E-state index is -0.254. The van der Waals surface area contributed by atoms with Crippen molar-refractivity contribution in [3.8, 4) is 0 Å². The first-order valence-corrected chi connectivity index (χ1v) is 7.97. The van der Waals surface area contributed by atoms with E-state index in [2.05, 4.69) is 19.2 Å². The van der Waals surface area contributed by atoms with Gasteiger partial charge in [0.05, 0.1) is 6.54 Å². The number of amides is 2. The van der Waals surface area contributed by atoms with Crippen LogP contribution in [-0.2, 0) is 4.79 Å². The van der Waals surface area contributed by atoms with Gasteiger partial charge in [-0.3, -0.25) is 9.59 Å². The van der Waals surface area contributed by atoms with Crippen molar-refractivity contribution in [2.24, 2.45) is 0 Å². The second kappa shape index (κ2) is 6.85. The molecule has 5 nitrogen and oxygen atoms in total. The van der Waals surface area contributed by atoms with E-state index in [0.717, 1.165) is 13.1 Å². The van der Waals surface area contributed by atoms with Crippen LogP contribution < -0.4 is 11.1 Å². The van der Waals surface area contributed by atoms with Gasteiger partial charge in [-0.2, -0.15) is 11.8 Å². The van der Waals surface area contributed by atoms with Crippen LogP contribution in [-0.4, -0.2) is 46.8 Å². The highest BCUT2D eigenvalue weighted by molar-refractivity contribution is 8.00. The topological polar surface area (TPSA) is 75.4 Å². The van der Waals surface area contributed by atoms with Gasteiger partial charge in [0, 0.05) is 34.8 Å². The smallest absolute Gasteiger partial charge is 0.251 e. The fourth-order valence-corrected chi connectivity index (χ4v) is 3.71.